The van der Waals surface area contributed by atoms with Crippen molar-refractivity contribution in [3.05, 3.63) is 42.4 Å². The van der Waals surface area contributed by atoms with Crippen LogP contribution < -0.4 is 11.1 Å². The Balaban J connectivity index is 1.51. The maximum Gasteiger partial charge on any atom is 0.254 e. The lowest BCUT2D eigenvalue weighted by atomic mass is 10.1. The SMILES string of the molecule is CNc1cc(-c2cn(C3CCC4(C3)OCCO4)c3ncccc23)nc2c(C(N)=O)cnn12. The van der Waals surface area contributed by atoms with Gasteiger partial charge in [0.15, 0.2) is 11.4 Å². The molecular formula is C22H23N7O3. The van der Waals surface area contributed by atoms with Crippen molar-refractivity contribution in [1.82, 2.24) is 24.1 Å². The number of ether oxygens (including phenoxy) is 2. The van der Waals surface area contributed by atoms with Crippen LogP contribution in [0, 0.1) is 0 Å². The number of amides is 1. The predicted octanol–water partition coefficient (Wildman–Crippen LogP) is 2.35. The number of nitrogens with zero attached hydrogens (tertiary/aromatic N) is 5. The first-order chi connectivity index (χ1) is 15.6. The molecule has 2 fully saturated rings. The summed E-state index contributed by atoms with van der Waals surface area (Å²) in [6.07, 6.45) is 7.94. The summed E-state index contributed by atoms with van der Waals surface area (Å²) in [5.74, 6) is -0.334. The molecule has 0 radical (unpaired) electrons. The van der Waals surface area contributed by atoms with Crippen molar-refractivity contribution in [2.45, 2.75) is 31.1 Å². The second-order valence-corrected chi connectivity index (χ2v) is 8.26. The number of nitrogens with two attached hydrogens (primary N) is 1. The third-order valence-corrected chi connectivity index (χ3v) is 6.47. The highest BCUT2D eigenvalue weighted by Crippen LogP contribution is 2.45. The van der Waals surface area contributed by atoms with Crippen molar-refractivity contribution in [2.24, 2.45) is 5.73 Å². The summed E-state index contributed by atoms with van der Waals surface area (Å²) in [5.41, 5.74) is 8.77. The Morgan fingerprint density at radius 1 is 1.31 bits per heavy atom. The molecule has 3 N–H and O–H groups in total. The number of rotatable bonds is 4. The van der Waals surface area contributed by atoms with E-state index in [-0.39, 0.29) is 11.6 Å². The van der Waals surface area contributed by atoms with Gasteiger partial charge in [-0.2, -0.15) is 9.61 Å². The number of carbonyl (C=O) groups is 1. The van der Waals surface area contributed by atoms with Gasteiger partial charge in [0.1, 0.15) is 17.0 Å². The minimum Gasteiger partial charge on any atom is -0.373 e. The zero-order chi connectivity index (χ0) is 21.9. The summed E-state index contributed by atoms with van der Waals surface area (Å²) in [6, 6.07) is 6.08. The molecular weight excluding hydrogens is 410 g/mol. The largest absolute Gasteiger partial charge is 0.373 e. The van der Waals surface area contributed by atoms with E-state index >= 15 is 0 Å². The number of carbonyl (C=O) groups excluding carboxylic acids is 1. The van der Waals surface area contributed by atoms with E-state index in [2.05, 4.69) is 26.2 Å². The molecule has 10 nitrogen and oxygen atoms in total. The number of pyridine rings is 1. The molecule has 2 aliphatic rings. The lowest BCUT2D eigenvalue weighted by Gasteiger charge is -2.22. The van der Waals surface area contributed by atoms with Gasteiger partial charge in [0.2, 0.25) is 0 Å². The van der Waals surface area contributed by atoms with Crippen LogP contribution in [-0.2, 0) is 9.47 Å². The Kier molecular flexibility index (Phi) is 4.21. The molecule has 4 aromatic heterocycles. The number of hydrogen-bond acceptors (Lipinski definition) is 7. The molecule has 1 aliphatic heterocycles. The predicted molar refractivity (Wildman–Crippen MR) is 117 cm³/mol. The Labute approximate surface area is 183 Å². The molecule has 1 spiro atoms. The van der Waals surface area contributed by atoms with Crippen LogP contribution in [0.5, 0.6) is 0 Å². The molecule has 1 saturated carbocycles. The number of nitrogens with one attached hydrogen (secondary N) is 1. The molecule has 32 heavy (non-hydrogen) atoms. The highest BCUT2D eigenvalue weighted by molar-refractivity contribution is 6.00. The molecule has 6 rings (SSSR count). The summed E-state index contributed by atoms with van der Waals surface area (Å²) in [5, 5.41) is 8.38. The Morgan fingerprint density at radius 3 is 2.94 bits per heavy atom. The van der Waals surface area contributed by atoms with E-state index in [0.29, 0.717) is 30.4 Å². The van der Waals surface area contributed by atoms with Gasteiger partial charge in [0.05, 0.1) is 25.1 Å². The van der Waals surface area contributed by atoms with Gasteiger partial charge in [-0.15, -0.1) is 0 Å². The lowest BCUT2D eigenvalue weighted by molar-refractivity contribution is -0.152. The van der Waals surface area contributed by atoms with E-state index in [0.717, 1.165) is 35.9 Å². The maximum absolute atomic E-state index is 11.9. The van der Waals surface area contributed by atoms with Gasteiger partial charge in [-0.3, -0.25) is 4.79 Å². The first-order valence-electron chi connectivity index (χ1n) is 10.7. The average molecular weight is 433 g/mol. The van der Waals surface area contributed by atoms with Gasteiger partial charge in [-0.1, -0.05) is 0 Å². The minimum absolute atomic E-state index is 0.211. The van der Waals surface area contributed by atoms with Crippen LogP contribution in [0.4, 0.5) is 5.82 Å². The second-order valence-electron chi connectivity index (χ2n) is 8.26. The third-order valence-electron chi connectivity index (χ3n) is 6.47. The van der Waals surface area contributed by atoms with Gasteiger partial charge in [0.25, 0.3) is 5.91 Å². The molecule has 1 unspecified atom stereocenters. The van der Waals surface area contributed by atoms with Crippen LogP contribution >= 0.6 is 0 Å². The molecule has 1 amide bonds. The summed E-state index contributed by atoms with van der Waals surface area (Å²) >= 11 is 0. The first kappa shape index (κ1) is 19.2. The first-order valence-corrected chi connectivity index (χ1v) is 10.7. The molecule has 0 bridgehead atoms. The Bertz CT molecular complexity index is 1350. The molecule has 0 aromatic carbocycles. The topological polar surface area (TPSA) is 122 Å². The molecule has 4 aromatic rings. The van der Waals surface area contributed by atoms with Crippen LogP contribution in [0.25, 0.3) is 27.9 Å². The number of aromatic nitrogens is 5. The van der Waals surface area contributed by atoms with E-state index in [1.54, 1.807) is 17.8 Å². The maximum atomic E-state index is 11.9. The molecule has 164 valence electrons. The minimum atomic E-state index is -0.566. The summed E-state index contributed by atoms with van der Waals surface area (Å²) in [6.45, 7) is 1.29. The molecule has 1 atom stereocenters. The third kappa shape index (κ3) is 2.80. The van der Waals surface area contributed by atoms with E-state index in [4.69, 9.17) is 20.2 Å². The van der Waals surface area contributed by atoms with Crippen LogP contribution in [0.2, 0.25) is 0 Å². The fourth-order valence-electron chi connectivity index (χ4n) is 4.96. The highest BCUT2D eigenvalue weighted by atomic mass is 16.7. The summed E-state index contributed by atoms with van der Waals surface area (Å²) in [7, 11) is 1.80. The standard InChI is InChI=1S/C22H23N7O3/c1-24-18-9-17(27-21-15(19(23)30)11-26-29(18)21)16-12-28(20-14(16)3-2-6-25-20)13-4-5-22(10-13)31-7-8-32-22/h2-3,6,9,11-13,24H,4-5,7-8,10H2,1H3,(H2,23,30). The van der Waals surface area contributed by atoms with Gasteiger partial charge >= 0.3 is 0 Å². The van der Waals surface area contributed by atoms with Crippen LogP contribution in [0.1, 0.15) is 35.7 Å². The molecule has 1 aliphatic carbocycles. The zero-order valence-electron chi connectivity index (χ0n) is 17.6. The van der Waals surface area contributed by atoms with E-state index in [1.165, 1.54) is 6.20 Å². The molecule has 10 heteroatoms. The van der Waals surface area contributed by atoms with E-state index in [9.17, 15) is 4.79 Å². The van der Waals surface area contributed by atoms with E-state index in [1.807, 2.05) is 18.2 Å². The van der Waals surface area contributed by atoms with Gasteiger partial charge in [-0.05, 0) is 18.6 Å². The Hall–Kier alpha value is -3.50. The number of fused-ring (bicyclic) bond motifs is 2. The smallest absolute Gasteiger partial charge is 0.254 e. The molecule has 5 heterocycles. The van der Waals surface area contributed by atoms with Gasteiger partial charge in [0, 0.05) is 55.3 Å². The molecule has 1 saturated heterocycles. The number of hydrogen-bond donors (Lipinski definition) is 2. The van der Waals surface area contributed by atoms with Crippen LogP contribution in [0.3, 0.4) is 0 Å². The normalized spacial score (nSPS) is 20.0. The highest BCUT2D eigenvalue weighted by Gasteiger charge is 2.45. The van der Waals surface area contributed by atoms with Crippen LogP contribution in [-0.4, -0.2) is 56.1 Å². The number of anilines is 1. The van der Waals surface area contributed by atoms with Crippen molar-refractivity contribution in [2.75, 3.05) is 25.6 Å². The quantitative estimate of drug-likeness (QED) is 0.507. The van der Waals surface area contributed by atoms with Crippen molar-refractivity contribution in [3.63, 3.8) is 0 Å². The average Bonchev–Trinajstić information content (AvgIpc) is 3.59. The number of primary amides is 1. The summed E-state index contributed by atoms with van der Waals surface area (Å²) < 4.78 is 15.7. The van der Waals surface area contributed by atoms with Crippen LogP contribution in [0.15, 0.2) is 36.8 Å². The lowest BCUT2D eigenvalue weighted by Crippen LogP contribution is -2.26. The fraction of sp³-hybridized carbons (Fsp3) is 0.364. The van der Waals surface area contributed by atoms with Crippen molar-refractivity contribution in [3.8, 4) is 11.3 Å². The Morgan fingerprint density at radius 2 is 2.16 bits per heavy atom. The fourth-order valence-corrected chi connectivity index (χ4v) is 4.96. The van der Waals surface area contributed by atoms with Crippen molar-refractivity contribution in [1.29, 1.82) is 0 Å². The van der Waals surface area contributed by atoms with Crippen molar-refractivity contribution < 1.29 is 14.3 Å². The monoisotopic (exact) mass is 433 g/mol. The summed E-state index contributed by atoms with van der Waals surface area (Å²) in [4.78, 5) is 21.3. The zero-order valence-corrected chi connectivity index (χ0v) is 17.6. The van der Waals surface area contributed by atoms with Gasteiger partial charge in [-0.25, -0.2) is 9.97 Å². The van der Waals surface area contributed by atoms with Crippen molar-refractivity contribution >= 4 is 28.4 Å². The second kappa shape index (κ2) is 7.01. The van der Waals surface area contributed by atoms with E-state index < -0.39 is 11.7 Å². The van der Waals surface area contributed by atoms with Gasteiger partial charge < -0.3 is 25.1 Å².